The van der Waals surface area contributed by atoms with Crippen LogP contribution in [0.3, 0.4) is 0 Å². The summed E-state index contributed by atoms with van der Waals surface area (Å²) in [4.78, 5) is 11.5. The predicted molar refractivity (Wildman–Crippen MR) is 67.0 cm³/mol. The Hall–Kier alpha value is -1.27. The number of aryl methyl sites for hydroxylation is 1. The Morgan fingerprint density at radius 3 is 2.94 bits per heavy atom. The molecule has 5 nitrogen and oxygen atoms in total. The molecule has 0 aliphatic heterocycles. The Morgan fingerprint density at radius 1 is 1.38 bits per heavy atom. The molecule has 16 heavy (non-hydrogen) atoms. The number of likely N-dealkylation sites (N-methyl/N-ethyl adjacent to an activating group) is 1. The second kappa shape index (κ2) is 4.71. The van der Waals surface area contributed by atoms with Crippen LogP contribution in [-0.4, -0.2) is 46.4 Å². The van der Waals surface area contributed by atoms with Gasteiger partial charge in [-0.15, -0.1) is 0 Å². The lowest BCUT2D eigenvalue weighted by molar-refractivity contribution is 0.425. The molecule has 0 saturated carbocycles. The van der Waals surface area contributed by atoms with Gasteiger partial charge in [0.15, 0.2) is 0 Å². The fourth-order valence-electron chi connectivity index (χ4n) is 1.45. The highest BCUT2D eigenvalue weighted by Gasteiger charge is 2.09. The van der Waals surface area contributed by atoms with Crippen LogP contribution in [0.2, 0.25) is 0 Å². The fraction of sp³-hybridized carbons (Fsp3) is 0.500. The van der Waals surface area contributed by atoms with Gasteiger partial charge in [-0.2, -0.15) is 4.37 Å². The monoisotopic (exact) mass is 237 g/mol. The minimum Gasteiger partial charge on any atom is -0.368 e. The summed E-state index contributed by atoms with van der Waals surface area (Å²) in [5.41, 5.74) is 0.993. The number of rotatable bonds is 4. The van der Waals surface area contributed by atoms with Crippen molar-refractivity contribution >= 4 is 27.6 Å². The van der Waals surface area contributed by atoms with E-state index in [1.165, 1.54) is 11.5 Å². The average Bonchev–Trinajstić information content (AvgIpc) is 2.61. The Kier molecular flexibility index (Phi) is 3.31. The van der Waals surface area contributed by atoms with Crippen molar-refractivity contribution < 1.29 is 0 Å². The number of nitrogens with zero attached hydrogens (tertiary/aromatic N) is 4. The maximum atomic E-state index is 4.29. The lowest BCUT2D eigenvalue weighted by atomic mass is 10.3. The maximum absolute atomic E-state index is 4.29. The molecule has 0 unspecified atom stereocenters. The molecule has 0 aromatic carbocycles. The minimum absolute atomic E-state index is 0.869. The van der Waals surface area contributed by atoms with Crippen molar-refractivity contribution in [3.63, 3.8) is 0 Å². The van der Waals surface area contributed by atoms with E-state index < -0.39 is 0 Å². The molecular formula is C10H15N5S. The van der Waals surface area contributed by atoms with Gasteiger partial charge in [0, 0.05) is 13.1 Å². The normalized spacial score (nSPS) is 11.2. The molecule has 2 heterocycles. The van der Waals surface area contributed by atoms with E-state index in [1.54, 1.807) is 6.33 Å². The number of fused-ring (bicyclic) bond motifs is 1. The van der Waals surface area contributed by atoms with Gasteiger partial charge < -0.3 is 10.2 Å². The lowest BCUT2D eigenvalue weighted by Crippen LogP contribution is -2.21. The number of aromatic nitrogens is 3. The van der Waals surface area contributed by atoms with Gasteiger partial charge in [-0.25, -0.2) is 9.97 Å². The first-order valence-corrected chi connectivity index (χ1v) is 5.91. The van der Waals surface area contributed by atoms with Crippen molar-refractivity contribution in [2.24, 2.45) is 0 Å². The zero-order valence-corrected chi connectivity index (χ0v) is 10.5. The van der Waals surface area contributed by atoms with E-state index in [9.17, 15) is 0 Å². The maximum Gasteiger partial charge on any atom is 0.149 e. The summed E-state index contributed by atoms with van der Waals surface area (Å²) < 4.78 is 4.29. The topological polar surface area (TPSA) is 53.9 Å². The molecule has 0 radical (unpaired) electrons. The molecule has 0 bridgehead atoms. The Labute approximate surface area is 98.7 Å². The fourth-order valence-corrected chi connectivity index (χ4v) is 2.20. The standard InChI is InChI=1S/C10H15N5S/c1-7-8-9(11-4-5-15(2)3)12-6-13-10(8)16-14-7/h6H,4-5H2,1-3H3,(H,11,12,13). The van der Waals surface area contributed by atoms with Gasteiger partial charge in [-0.1, -0.05) is 0 Å². The summed E-state index contributed by atoms with van der Waals surface area (Å²) >= 11 is 1.42. The molecule has 2 aromatic heterocycles. The Morgan fingerprint density at radius 2 is 2.19 bits per heavy atom. The molecular weight excluding hydrogens is 222 g/mol. The van der Waals surface area contributed by atoms with Crippen LogP contribution in [-0.2, 0) is 0 Å². The Balaban J connectivity index is 2.20. The van der Waals surface area contributed by atoms with Crippen molar-refractivity contribution in [1.29, 1.82) is 0 Å². The molecule has 1 N–H and O–H groups in total. The van der Waals surface area contributed by atoms with E-state index in [2.05, 4.69) is 38.7 Å². The number of hydrogen-bond donors (Lipinski definition) is 1. The number of nitrogens with one attached hydrogen (secondary N) is 1. The third-order valence-electron chi connectivity index (χ3n) is 2.29. The summed E-state index contributed by atoms with van der Waals surface area (Å²) in [5.74, 6) is 0.887. The van der Waals surface area contributed by atoms with E-state index in [1.807, 2.05) is 6.92 Å². The SMILES string of the molecule is Cc1nsc2ncnc(NCCN(C)C)c12. The summed E-state index contributed by atoms with van der Waals surface area (Å²) in [7, 11) is 4.10. The summed E-state index contributed by atoms with van der Waals surface area (Å²) in [6.45, 7) is 3.83. The third kappa shape index (κ3) is 2.28. The van der Waals surface area contributed by atoms with Gasteiger partial charge in [0.2, 0.25) is 0 Å². The van der Waals surface area contributed by atoms with Crippen LogP contribution >= 0.6 is 11.5 Å². The van der Waals surface area contributed by atoms with Gasteiger partial charge in [0.25, 0.3) is 0 Å². The van der Waals surface area contributed by atoms with Crippen molar-refractivity contribution in [1.82, 2.24) is 19.2 Å². The molecule has 0 aliphatic carbocycles. The van der Waals surface area contributed by atoms with Crippen LogP contribution in [0.4, 0.5) is 5.82 Å². The predicted octanol–water partition coefficient (Wildman–Crippen LogP) is 1.37. The first-order valence-electron chi connectivity index (χ1n) is 5.14. The summed E-state index contributed by atoms with van der Waals surface area (Å²) in [5, 5.41) is 4.37. The van der Waals surface area contributed by atoms with E-state index in [0.29, 0.717) is 0 Å². The van der Waals surface area contributed by atoms with Crippen LogP contribution < -0.4 is 5.32 Å². The molecule has 2 aromatic rings. The lowest BCUT2D eigenvalue weighted by Gasteiger charge is -2.11. The largest absolute Gasteiger partial charge is 0.368 e. The van der Waals surface area contributed by atoms with E-state index >= 15 is 0 Å². The van der Waals surface area contributed by atoms with Gasteiger partial charge in [0.05, 0.1) is 11.1 Å². The van der Waals surface area contributed by atoms with E-state index in [0.717, 1.165) is 34.8 Å². The van der Waals surface area contributed by atoms with Gasteiger partial charge >= 0.3 is 0 Å². The smallest absolute Gasteiger partial charge is 0.149 e. The molecule has 2 rings (SSSR count). The summed E-state index contributed by atoms with van der Waals surface area (Å²) in [6, 6.07) is 0. The molecule has 0 aliphatic rings. The second-order valence-corrected chi connectivity index (χ2v) is 4.65. The third-order valence-corrected chi connectivity index (χ3v) is 3.14. The van der Waals surface area contributed by atoms with E-state index in [-0.39, 0.29) is 0 Å². The number of hydrogen-bond acceptors (Lipinski definition) is 6. The van der Waals surface area contributed by atoms with Crippen LogP contribution in [0.25, 0.3) is 10.2 Å². The summed E-state index contributed by atoms with van der Waals surface area (Å²) in [6.07, 6.45) is 1.58. The zero-order chi connectivity index (χ0) is 11.5. The highest BCUT2D eigenvalue weighted by molar-refractivity contribution is 7.13. The van der Waals surface area contributed by atoms with Crippen LogP contribution in [0, 0.1) is 6.92 Å². The van der Waals surface area contributed by atoms with Crippen molar-refractivity contribution in [2.75, 3.05) is 32.5 Å². The first kappa shape index (κ1) is 11.2. The molecule has 0 fully saturated rings. The van der Waals surface area contributed by atoms with Crippen molar-refractivity contribution in [3.8, 4) is 0 Å². The molecule has 0 saturated heterocycles. The first-order chi connectivity index (χ1) is 7.68. The number of anilines is 1. The van der Waals surface area contributed by atoms with Crippen LogP contribution in [0.1, 0.15) is 5.69 Å². The highest BCUT2D eigenvalue weighted by Crippen LogP contribution is 2.25. The average molecular weight is 237 g/mol. The van der Waals surface area contributed by atoms with Gasteiger partial charge in [-0.05, 0) is 32.6 Å². The minimum atomic E-state index is 0.869. The van der Waals surface area contributed by atoms with Gasteiger partial charge in [0.1, 0.15) is 17.0 Å². The molecule has 0 spiro atoms. The van der Waals surface area contributed by atoms with Gasteiger partial charge in [-0.3, -0.25) is 0 Å². The van der Waals surface area contributed by atoms with Crippen LogP contribution in [0.5, 0.6) is 0 Å². The molecule has 0 amide bonds. The molecule has 86 valence electrons. The Bertz CT molecular complexity index is 479. The van der Waals surface area contributed by atoms with E-state index in [4.69, 9.17) is 0 Å². The highest BCUT2D eigenvalue weighted by atomic mass is 32.1. The van der Waals surface area contributed by atoms with Crippen LogP contribution in [0.15, 0.2) is 6.33 Å². The zero-order valence-electron chi connectivity index (χ0n) is 9.69. The second-order valence-electron chi connectivity index (χ2n) is 3.90. The molecule has 0 atom stereocenters. The van der Waals surface area contributed by atoms with Crippen molar-refractivity contribution in [3.05, 3.63) is 12.0 Å². The quantitative estimate of drug-likeness (QED) is 0.870. The van der Waals surface area contributed by atoms with Crippen molar-refractivity contribution in [2.45, 2.75) is 6.92 Å². The molecule has 6 heteroatoms.